The van der Waals surface area contributed by atoms with Gasteiger partial charge in [-0.25, -0.2) is 24.9 Å². The number of pyridine rings is 4. The Hall–Kier alpha value is -3.84. The molecule has 36 heavy (non-hydrogen) atoms. The van der Waals surface area contributed by atoms with Gasteiger partial charge >= 0.3 is 0 Å². The second kappa shape index (κ2) is 12.2. The zero-order chi connectivity index (χ0) is 24.4. The van der Waals surface area contributed by atoms with Crippen LogP contribution in [0.5, 0.6) is 0 Å². The first-order valence-corrected chi connectivity index (χ1v) is 13.6. The molecule has 0 N–H and O–H groups in total. The lowest BCUT2D eigenvalue weighted by Gasteiger charge is -1.79. The normalized spacial score (nSPS) is 10.2. The standard InChI is InChI=1S/4C6H3N2S/c3*1-2-7-3-5-6(1)9-4-8-5;1-2-5-6(7-3-1)8-4-9-5/h2*1-2,4H;1-3H;1,3-4H. The number of hydrogen-bond acceptors (Lipinski definition) is 12. The minimum atomic E-state index is 0.794. The quantitative estimate of drug-likeness (QED) is 0.232. The Bertz CT molecular complexity index is 1400. The Morgan fingerprint density at radius 2 is 1.36 bits per heavy atom. The van der Waals surface area contributed by atoms with Crippen molar-refractivity contribution in [2.75, 3.05) is 0 Å². The molecule has 0 aliphatic heterocycles. The Balaban J connectivity index is 0.0000000988. The smallest absolute Gasteiger partial charge is 0.170 e. The number of aromatic nitrogens is 8. The molecule has 0 aliphatic rings. The third-order valence-electron chi connectivity index (χ3n) is 4.25. The van der Waals surface area contributed by atoms with E-state index in [-0.39, 0.29) is 0 Å². The highest BCUT2D eigenvalue weighted by Crippen LogP contribution is 2.15. The molecule has 0 aliphatic carbocycles. The van der Waals surface area contributed by atoms with Gasteiger partial charge in [0.2, 0.25) is 0 Å². The third kappa shape index (κ3) is 6.23. The monoisotopic (exact) mass is 540 g/mol. The number of hydrogen-bond donors (Lipinski definition) is 0. The van der Waals surface area contributed by atoms with Crippen molar-refractivity contribution in [2.45, 2.75) is 0 Å². The van der Waals surface area contributed by atoms with Gasteiger partial charge in [0.25, 0.3) is 0 Å². The van der Waals surface area contributed by atoms with E-state index < -0.39 is 0 Å². The summed E-state index contributed by atoms with van der Waals surface area (Å²) in [6, 6.07) is 10.6. The molecular weight excluding hydrogens is 529 g/mol. The van der Waals surface area contributed by atoms with E-state index in [1.807, 2.05) is 18.2 Å². The maximum absolute atomic E-state index is 4.02. The van der Waals surface area contributed by atoms with Gasteiger partial charge in [-0.15, -0.1) is 45.3 Å². The van der Waals surface area contributed by atoms with Gasteiger partial charge in [0.15, 0.2) is 11.2 Å². The Morgan fingerprint density at radius 1 is 0.667 bits per heavy atom. The molecule has 0 saturated heterocycles. The van der Waals surface area contributed by atoms with Crippen molar-refractivity contribution in [3.63, 3.8) is 0 Å². The fourth-order valence-electron chi connectivity index (χ4n) is 2.64. The summed E-state index contributed by atoms with van der Waals surface area (Å²) in [4.78, 5) is 31.5. The van der Waals surface area contributed by atoms with Crippen LogP contribution in [-0.2, 0) is 0 Å². The third-order valence-corrected chi connectivity index (χ3v) is 7.33. The average Bonchev–Trinajstić information content (AvgIpc) is 3.76. The van der Waals surface area contributed by atoms with E-state index in [0.717, 1.165) is 41.0 Å². The first-order chi connectivity index (χ1) is 17.9. The number of nitrogens with zero attached hydrogens (tertiary/aromatic N) is 8. The second-order valence-electron chi connectivity index (χ2n) is 6.49. The van der Waals surface area contributed by atoms with Gasteiger partial charge in [0, 0.05) is 30.9 Å². The van der Waals surface area contributed by atoms with E-state index in [1.165, 1.54) is 11.3 Å². The molecule has 0 atom stereocenters. The van der Waals surface area contributed by atoms with Crippen molar-refractivity contribution < 1.29 is 0 Å². The molecule has 8 heterocycles. The van der Waals surface area contributed by atoms with Gasteiger partial charge in [0.1, 0.15) is 28.9 Å². The van der Waals surface area contributed by atoms with Crippen LogP contribution in [0, 0.1) is 24.0 Å². The highest BCUT2D eigenvalue weighted by molar-refractivity contribution is 7.17. The largest absolute Gasteiger partial charge is 0.262 e. The summed E-state index contributed by atoms with van der Waals surface area (Å²) in [5.41, 5.74) is 11.6. The van der Waals surface area contributed by atoms with Crippen LogP contribution in [0.3, 0.4) is 0 Å². The van der Waals surface area contributed by atoms with Gasteiger partial charge < -0.3 is 0 Å². The number of thiazole rings is 4. The molecule has 0 saturated carbocycles. The molecule has 0 spiro atoms. The van der Waals surface area contributed by atoms with Crippen molar-refractivity contribution in [1.82, 2.24) is 39.9 Å². The summed E-state index contributed by atoms with van der Waals surface area (Å²) >= 11 is 6.28. The Kier molecular flexibility index (Phi) is 8.11. The zero-order valence-corrected chi connectivity index (χ0v) is 21.4. The molecular formula is C24H12N8S4. The van der Waals surface area contributed by atoms with Crippen LogP contribution in [0.1, 0.15) is 0 Å². The lowest BCUT2D eigenvalue weighted by molar-refractivity contribution is 1.32. The molecule has 0 amide bonds. The van der Waals surface area contributed by atoms with Crippen LogP contribution in [0.2, 0.25) is 0 Å². The highest BCUT2D eigenvalue weighted by atomic mass is 32.1. The molecule has 0 unspecified atom stereocenters. The number of fused-ring (bicyclic) bond motifs is 4. The fraction of sp³-hybridized carbons (Fsp3) is 0. The van der Waals surface area contributed by atoms with Crippen molar-refractivity contribution in [3.8, 4) is 0 Å². The van der Waals surface area contributed by atoms with E-state index in [4.69, 9.17) is 0 Å². The molecule has 8 aromatic rings. The van der Waals surface area contributed by atoms with Crippen molar-refractivity contribution in [3.05, 3.63) is 95.8 Å². The fourth-order valence-corrected chi connectivity index (χ4v) is 5.06. The predicted octanol–water partition coefficient (Wildman–Crippen LogP) is 5.97. The van der Waals surface area contributed by atoms with Crippen LogP contribution >= 0.6 is 45.3 Å². The van der Waals surface area contributed by atoms with E-state index in [2.05, 4.69) is 63.8 Å². The van der Waals surface area contributed by atoms with Crippen LogP contribution in [0.25, 0.3) is 41.0 Å². The summed E-state index contributed by atoms with van der Waals surface area (Å²) in [5.74, 6) is 0. The van der Waals surface area contributed by atoms with Crippen LogP contribution < -0.4 is 0 Å². The molecule has 4 radical (unpaired) electrons. The van der Waals surface area contributed by atoms with Crippen LogP contribution in [-0.4, -0.2) is 39.9 Å². The van der Waals surface area contributed by atoms with Crippen LogP contribution in [0.4, 0.5) is 0 Å². The first-order valence-electron chi connectivity index (χ1n) is 10.1. The Morgan fingerprint density at radius 3 is 2.03 bits per heavy atom. The lowest BCUT2D eigenvalue weighted by atomic mass is 10.5. The zero-order valence-electron chi connectivity index (χ0n) is 18.1. The second-order valence-corrected chi connectivity index (χ2v) is 9.94. The maximum Gasteiger partial charge on any atom is 0.170 e. The molecule has 0 bridgehead atoms. The van der Waals surface area contributed by atoms with E-state index in [9.17, 15) is 0 Å². The topological polar surface area (TPSA) is 103 Å². The maximum atomic E-state index is 4.02. The Labute approximate surface area is 221 Å². The first kappa shape index (κ1) is 23.9. The summed E-state index contributed by atoms with van der Waals surface area (Å²) in [6.07, 6.45) is 14.2. The molecule has 8 nitrogen and oxygen atoms in total. The van der Waals surface area contributed by atoms with E-state index in [1.54, 1.807) is 87.6 Å². The average molecular weight is 541 g/mol. The van der Waals surface area contributed by atoms with Gasteiger partial charge in [-0.3, -0.25) is 15.0 Å². The van der Waals surface area contributed by atoms with Crippen LogP contribution in [0.15, 0.2) is 71.8 Å². The number of rotatable bonds is 0. The van der Waals surface area contributed by atoms with Gasteiger partial charge in [0.05, 0.1) is 41.5 Å². The van der Waals surface area contributed by atoms with Gasteiger partial charge in [-0.05, 0) is 24.3 Å². The molecule has 8 rings (SSSR count). The summed E-state index contributed by atoms with van der Waals surface area (Å²) in [6.45, 7) is 0. The summed E-state index contributed by atoms with van der Waals surface area (Å²) in [7, 11) is 0. The molecule has 0 fully saturated rings. The minimum Gasteiger partial charge on any atom is -0.262 e. The SMILES string of the molecule is [c]1ccnc2ncsc12.[c]1nc2cnccc2s1.[c]1nccc2scnc12.[c]1nccc2scnc12. The van der Waals surface area contributed by atoms with E-state index >= 15 is 0 Å². The molecule has 8 aromatic heterocycles. The molecule has 12 heteroatoms. The highest BCUT2D eigenvalue weighted by Gasteiger charge is 1.94. The molecule has 0 aromatic carbocycles. The van der Waals surface area contributed by atoms with Crippen molar-refractivity contribution in [2.24, 2.45) is 0 Å². The van der Waals surface area contributed by atoms with Gasteiger partial charge in [-0.2, -0.15) is 0 Å². The summed E-state index contributed by atoms with van der Waals surface area (Å²) < 4.78 is 4.46. The predicted molar refractivity (Wildman–Crippen MR) is 145 cm³/mol. The minimum absolute atomic E-state index is 0.794. The van der Waals surface area contributed by atoms with E-state index in [0.29, 0.717) is 0 Å². The lowest BCUT2D eigenvalue weighted by Crippen LogP contribution is -1.70. The van der Waals surface area contributed by atoms with Crippen molar-refractivity contribution in [1.29, 1.82) is 0 Å². The molecule has 172 valence electrons. The van der Waals surface area contributed by atoms with Gasteiger partial charge in [-0.1, -0.05) is 0 Å². The van der Waals surface area contributed by atoms with Crippen molar-refractivity contribution >= 4 is 86.3 Å². The summed E-state index contributed by atoms with van der Waals surface area (Å²) in [5, 5.41) is 0.